The van der Waals surface area contributed by atoms with Crippen molar-refractivity contribution < 1.29 is 9.53 Å². The average molecular weight is 409 g/mol. The first-order valence-corrected chi connectivity index (χ1v) is 9.56. The quantitative estimate of drug-likeness (QED) is 0.506. The monoisotopic (exact) mass is 408 g/mol. The standard InChI is InChI=1S/C22H21ClN4O2/c1-4-6-17(13-9-10-19(29-3)16(23)11-13)27-21-14-7-5-8-15(22(24)28)20(14)26-12-18(21)25-2/h5,7-12,17H,4,6H2,1,3H3,(H2,24,28)(H,26,27)/t17-/m1/s1. The molecule has 1 amide bonds. The average Bonchev–Trinajstić information content (AvgIpc) is 2.72. The van der Waals surface area contributed by atoms with Gasteiger partial charge in [-0.1, -0.05) is 43.1 Å². The van der Waals surface area contributed by atoms with Crippen LogP contribution in [0.15, 0.2) is 42.6 Å². The minimum atomic E-state index is -0.559. The third kappa shape index (κ3) is 4.10. The summed E-state index contributed by atoms with van der Waals surface area (Å²) in [7, 11) is 1.57. The summed E-state index contributed by atoms with van der Waals surface area (Å²) < 4.78 is 5.24. The Kier molecular flexibility index (Phi) is 6.20. The number of fused-ring (bicyclic) bond motifs is 1. The van der Waals surface area contributed by atoms with Crippen LogP contribution in [0.1, 0.15) is 41.7 Å². The SMILES string of the molecule is [C-]#[N+]c1cnc2c(C(N)=O)cccc2c1N[C@H](CCC)c1ccc(OC)c(Cl)c1. The van der Waals surface area contributed by atoms with Gasteiger partial charge in [-0.25, -0.2) is 4.85 Å². The van der Waals surface area contributed by atoms with Crippen LogP contribution in [-0.2, 0) is 0 Å². The maximum absolute atomic E-state index is 11.8. The summed E-state index contributed by atoms with van der Waals surface area (Å²) in [5.74, 6) is 0.0460. The van der Waals surface area contributed by atoms with Crippen molar-refractivity contribution in [1.82, 2.24) is 4.98 Å². The molecule has 0 saturated heterocycles. The second-order valence-corrected chi connectivity index (χ2v) is 6.98. The van der Waals surface area contributed by atoms with E-state index in [1.165, 1.54) is 6.20 Å². The third-order valence-corrected chi connectivity index (χ3v) is 5.03. The van der Waals surface area contributed by atoms with Gasteiger partial charge in [0.1, 0.15) is 5.75 Å². The number of nitrogens with two attached hydrogens (primary N) is 1. The Hall–Kier alpha value is -3.30. The van der Waals surface area contributed by atoms with Crippen molar-refractivity contribution in [2.75, 3.05) is 12.4 Å². The summed E-state index contributed by atoms with van der Waals surface area (Å²) in [5.41, 5.74) is 8.26. The summed E-state index contributed by atoms with van der Waals surface area (Å²) in [5, 5.41) is 4.68. The lowest BCUT2D eigenvalue weighted by Crippen LogP contribution is -2.14. The van der Waals surface area contributed by atoms with Gasteiger partial charge in [0.25, 0.3) is 5.91 Å². The Morgan fingerprint density at radius 3 is 2.79 bits per heavy atom. The number of para-hydroxylation sites is 1. The molecular weight excluding hydrogens is 388 g/mol. The zero-order valence-corrected chi connectivity index (χ0v) is 17.0. The molecule has 3 N–H and O–H groups in total. The van der Waals surface area contributed by atoms with Crippen LogP contribution < -0.4 is 15.8 Å². The van der Waals surface area contributed by atoms with E-state index in [1.807, 2.05) is 24.3 Å². The summed E-state index contributed by atoms with van der Waals surface area (Å²) in [6.45, 7) is 9.64. The molecule has 1 atom stereocenters. The van der Waals surface area contributed by atoms with Gasteiger partial charge in [0.15, 0.2) is 0 Å². The number of pyridine rings is 1. The van der Waals surface area contributed by atoms with Gasteiger partial charge in [0.2, 0.25) is 5.69 Å². The van der Waals surface area contributed by atoms with E-state index >= 15 is 0 Å². The maximum atomic E-state index is 11.8. The Labute approximate surface area is 174 Å². The number of nitrogens with zero attached hydrogens (tertiary/aromatic N) is 2. The predicted octanol–water partition coefficient (Wildman–Crippen LogP) is 5.50. The molecule has 29 heavy (non-hydrogen) atoms. The molecule has 0 aliphatic rings. The summed E-state index contributed by atoms with van der Waals surface area (Å²) in [6.07, 6.45) is 3.21. The number of hydrogen-bond acceptors (Lipinski definition) is 4. The van der Waals surface area contributed by atoms with E-state index in [2.05, 4.69) is 22.1 Å². The van der Waals surface area contributed by atoms with Gasteiger partial charge in [0.05, 0.1) is 41.5 Å². The normalized spacial score (nSPS) is 11.7. The van der Waals surface area contributed by atoms with Crippen LogP contribution in [0.5, 0.6) is 5.75 Å². The number of nitrogens with one attached hydrogen (secondary N) is 1. The zero-order valence-electron chi connectivity index (χ0n) is 16.2. The maximum Gasteiger partial charge on any atom is 0.250 e. The molecule has 6 nitrogen and oxygen atoms in total. The van der Waals surface area contributed by atoms with E-state index in [4.69, 9.17) is 28.6 Å². The van der Waals surface area contributed by atoms with Crippen molar-refractivity contribution in [1.29, 1.82) is 0 Å². The number of primary amides is 1. The van der Waals surface area contributed by atoms with Crippen molar-refractivity contribution >= 4 is 39.8 Å². The molecule has 3 rings (SSSR count). The molecule has 7 heteroatoms. The zero-order chi connectivity index (χ0) is 21.0. The van der Waals surface area contributed by atoms with Gasteiger partial charge in [0, 0.05) is 11.6 Å². The van der Waals surface area contributed by atoms with Gasteiger partial charge in [-0.15, -0.1) is 0 Å². The lowest BCUT2D eigenvalue weighted by molar-refractivity contribution is 0.100. The number of methoxy groups -OCH3 is 1. The van der Waals surface area contributed by atoms with Crippen molar-refractivity contribution in [3.63, 3.8) is 0 Å². The van der Waals surface area contributed by atoms with E-state index < -0.39 is 5.91 Å². The van der Waals surface area contributed by atoms with Crippen LogP contribution in [0.25, 0.3) is 15.7 Å². The summed E-state index contributed by atoms with van der Waals surface area (Å²) >= 11 is 6.32. The lowest BCUT2D eigenvalue weighted by atomic mass is 10.0. The first-order valence-electron chi connectivity index (χ1n) is 9.19. The largest absolute Gasteiger partial charge is 0.495 e. The molecule has 1 aromatic heterocycles. The number of anilines is 1. The van der Waals surface area contributed by atoms with Crippen molar-refractivity contribution in [2.45, 2.75) is 25.8 Å². The number of ether oxygens (including phenoxy) is 1. The minimum Gasteiger partial charge on any atom is -0.495 e. The van der Waals surface area contributed by atoms with E-state index in [1.54, 1.807) is 19.2 Å². The molecule has 148 valence electrons. The number of carbonyl (C=O) groups excluding carboxylic acids is 1. The molecule has 0 bridgehead atoms. The van der Waals surface area contributed by atoms with Gasteiger partial charge >= 0.3 is 0 Å². The predicted molar refractivity (Wildman–Crippen MR) is 116 cm³/mol. The van der Waals surface area contributed by atoms with E-state index in [0.717, 1.165) is 18.4 Å². The molecule has 0 saturated carbocycles. The van der Waals surface area contributed by atoms with Crippen LogP contribution >= 0.6 is 11.6 Å². The highest BCUT2D eigenvalue weighted by Gasteiger charge is 2.19. The highest BCUT2D eigenvalue weighted by Crippen LogP contribution is 2.38. The number of carbonyl (C=O) groups is 1. The molecule has 2 aromatic carbocycles. The lowest BCUT2D eigenvalue weighted by Gasteiger charge is -2.23. The van der Waals surface area contributed by atoms with Crippen molar-refractivity contribution in [2.24, 2.45) is 5.73 Å². The van der Waals surface area contributed by atoms with Crippen molar-refractivity contribution in [3.8, 4) is 5.75 Å². The molecule has 0 unspecified atom stereocenters. The highest BCUT2D eigenvalue weighted by atomic mass is 35.5. The number of rotatable bonds is 7. The molecular formula is C22H21ClN4O2. The van der Waals surface area contributed by atoms with Gasteiger partial charge in [-0.2, -0.15) is 0 Å². The second kappa shape index (κ2) is 8.80. The molecule has 0 aliphatic carbocycles. The van der Waals surface area contributed by atoms with Gasteiger partial charge < -0.3 is 15.8 Å². The fourth-order valence-corrected chi connectivity index (χ4v) is 3.60. The first-order chi connectivity index (χ1) is 14.0. The Balaban J connectivity index is 2.13. The molecule has 0 spiro atoms. The van der Waals surface area contributed by atoms with Gasteiger partial charge in [-0.3, -0.25) is 9.78 Å². The Morgan fingerprint density at radius 1 is 1.38 bits per heavy atom. The molecule has 3 aromatic rings. The summed E-state index contributed by atoms with van der Waals surface area (Å²) in [6, 6.07) is 10.8. The van der Waals surface area contributed by atoms with E-state index in [0.29, 0.717) is 38.6 Å². The first kappa shape index (κ1) is 20.4. The number of hydrogen-bond donors (Lipinski definition) is 2. The smallest absolute Gasteiger partial charge is 0.250 e. The fourth-order valence-electron chi connectivity index (χ4n) is 3.33. The molecule has 0 radical (unpaired) electrons. The second-order valence-electron chi connectivity index (χ2n) is 6.58. The number of halogens is 1. The number of amides is 1. The van der Waals surface area contributed by atoms with E-state index in [9.17, 15) is 4.79 Å². The van der Waals surface area contributed by atoms with Crippen LogP contribution in [-0.4, -0.2) is 18.0 Å². The van der Waals surface area contributed by atoms with E-state index in [-0.39, 0.29) is 6.04 Å². The van der Waals surface area contributed by atoms with Crippen LogP contribution in [0.2, 0.25) is 5.02 Å². The number of benzene rings is 2. The van der Waals surface area contributed by atoms with Crippen molar-refractivity contribution in [3.05, 3.63) is 70.2 Å². The van der Waals surface area contributed by atoms with Crippen LogP contribution in [0.3, 0.4) is 0 Å². The molecule has 0 aliphatic heterocycles. The number of aromatic nitrogens is 1. The summed E-state index contributed by atoms with van der Waals surface area (Å²) in [4.78, 5) is 19.7. The van der Waals surface area contributed by atoms with Crippen LogP contribution in [0, 0.1) is 6.57 Å². The molecule has 1 heterocycles. The fraction of sp³-hybridized carbons (Fsp3) is 0.227. The minimum absolute atomic E-state index is 0.0910. The van der Waals surface area contributed by atoms with Gasteiger partial charge in [-0.05, 0) is 30.2 Å². The Morgan fingerprint density at radius 2 is 2.17 bits per heavy atom. The van der Waals surface area contributed by atoms with Crippen LogP contribution in [0.4, 0.5) is 11.4 Å². The molecule has 0 fully saturated rings. The topological polar surface area (TPSA) is 81.6 Å². The highest BCUT2D eigenvalue weighted by molar-refractivity contribution is 6.32. The Bertz CT molecular complexity index is 1110. The third-order valence-electron chi connectivity index (χ3n) is 4.74.